The highest BCUT2D eigenvalue weighted by Crippen LogP contribution is 2.16. The van der Waals surface area contributed by atoms with Gasteiger partial charge in [-0.2, -0.15) is 5.10 Å². The average Bonchev–Trinajstić information content (AvgIpc) is 2.57. The summed E-state index contributed by atoms with van der Waals surface area (Å²) in [5, 5.41) is 8.02. The topological polar surface area (TPSA) is 76.9 Å². The fraction of sp³-hybridized carbons (Fsp3) is 0.222. The molecule has 0 fully saturated rings. The van der Waals surface area contributed by atoms with Gasteiger partial charge in [-0.1, -0.05) is 24.3 Å². The predicted octanol–water partition coefficient (Wildman–Crippen LogP) is 2.93. The third-order valence-corrected chi connectivity index (χ3v) is 3.69. The van der Waals surface area contributed by atoms with E-state index in [2.05, 4.69) is 15.4 Å². The lowest BCUT2D eigenvalue weighted by atomic mass is 10.1. The number of carbonyl (C=O) groups excluding carboxylic acids is 1. The summed E-state index contributed by atoms with van der Waals surface area (Å²) in [7, 11) is 0. The lowest BCUT2D eigenvalue weighted by Gasteiger charge is -2.13. The minimum atomic E-state index is -0.392. The van der Waals surface area contributed by atoms with Crippen LogP contribution in [0.1, 0.15) is 35.9 Å². The lowest BCUT2D eigenvalue weighted by molar-refractivity contribution is 0.102. The van der Waals surface area contributed by atoms with E-state index in [0.29, 0.717) is 16.6 Å². The average molecular weight is 322 g/mol. The first-order valence-corrected chi connectivity index (χ1v) is 7.73. The van der Waals surface area contributed by atoms with Gasteiger partial charge in [-0.05, 0) is 38.5 Å². The number of carbonyl (C=O) groups is 1. The molecule has 1 aromatic carbocycles. The molecule has 2 heterocycles. The summed E-state index contributed by atoms with van der Waals surface area (Å²) >= 11 is 0. The number of hydrogen-bond donors (Lipinski definition) is 1. The minimum absolute atomic E-state index is 0.147. The summed E-state index contributed by atoms with van der Waals surface area (Å²) in [6.45, 7) is 5.63. The molecule has 2 aromatic heterocycles. The molecule has 1 amide bonds. The number of anilines is 1. The van der Waals surface area contributed by atoms with Crippen molar-refractivity contribution in [3.63, 3.8) is 0 Å². The van der Waals surface area contributed by atoms with E-state index in [1.165, 1.54) is 4.68 Å². The van der Waals surface area contributed by atoms with Crippen LogP contribution in [0.3, 0.4) is 0 Å². The van der Waals surface area contributed by atoms with Crippen molar-refractivity contribution in [1.29, 1.82) is 0 Å². The van der Waals surface area contributed by atoms with Gasteiger partial charge in [0.1, 0.15) is 5.82 Å². The van der Waals surface area contributed by atoms with Crippen LogP contribution in [-0.4, -0.2) is 20.7 Å². The molecule has 122 valence electrons. The Morgan fingerprint density at radius 3 is 2.46 bits per heavy atom. The van der Waals surface area contributed by atoms with Crippen molar-refractivity contribution in [2.24, 2.45) is 0 Å². The number of amides is 1. The number of hydrogen-bond acceptors (Lipinski definition) is 4. The van der Waals surface area contributed by atoms with E-state index in [9.17, 15) is 9.59 Å². The van der Waals surface area contributed by atoms with Crippen LogP contribution in [0.5, 0.6) is 0 Å². The van der Waals surface area contributed by atoms with Crippen molar-refractivity contribution in [3.8, 4) is 0 Å². The third kappa shape index (κ3) is 2.90. The number of rotatable bonds is 3. The molecule has 0 atom stereocenters. The van der Waals surface area contributed by atoms with Crippen LogP contribution >= 0.6 is 0 Å². The molecule has 24 heavy (non-hydrogen) atoms. The smallest absolute Gasteiger partial charge is 0.277 e. The van der Waals surface area contributed by atoms with Gasteiger partial charge in [0.25, 0.3) is 11.5 Å². The van der Waals surface area contributed by atoms with Gasteiger partial charge < -0.3 is 5.32 Å². The second kappa shape index (κ2) is 6.23. The number of pyridine rings is 1. The Hall–Kier alpha value is -3.02. The molecule has 0 bridgehead atoms. The van der Waals surface area contributed by atoms with Gasteiger partial charge in [0.2, 0.25) is 0 Å². The zero-order chi connectivity index (χ0) is 17.3. The molecule has 0 spiro atoms. The minimum Gasteiger partial charge on any atom is -0.305 e. The molecule has 6 nitrogen and oxygen atoms in total. The zero-order valence-corrected chi connectivity index (χ0v) is 13.8. The van der Waals surface area contributed by atoms with E-state index in [-0.39, 0.29) is 17.3 Å². The van der Waals surface area contributed by atoms with Gasteiger partial charge in [0, 0.05) is 11.6 Å². The van der Waals surface area contributed by atoms with Crippen molar-refractivity contribution < 1.29 is 4.79 Å². The summed E-state index contributed by atoms with van der Waals surface area (Å²) in [4.78, 5) is 29.3. The Labute approximate surface area is 139 Å². The quantitative estimate of drug-likeness (QED) is 0.804. The molecule has 3 rings (SSSR count). The number of nitrogens with one attached hydrogen (secondary N) is 1. The fourth-order valence-electron chi connectivity index (χ4n) is 2.44. The first-order chi connectivity index (χ1) is 11.5. The van der Waals surface area contributed by atoms with E-state index in [1.807, 2.05) is 26.8 Å². The monoisotopic (exact) mass is 322 g/mol. The number of nitrogens with zero attached hydrogens (tertiary/aromatic N) is 3. The summed E-state index contributed by atoms with van der Waals surface area (Å²) in [5.74, 6) is 0.0516. The Bertz CT molecular complexity index is 959. The lowest BCUT2D eigenvalue weighted by Crippen LogP contribution is -2.29. The van der Waals surface area contributed by atoms with Crippen LogP contribution in [0.2, 0.25) is 0 Å². The van der Waals surface area contributed by atoms with Crippen molar-refractivity contribution in [2.75, 3.05) is 5.32 Å². The van der Waals surface area contributed by atoms with Crippen molar-refractivity contribution in [1.82, 2.24) is 14.8 Å². The van der Waals surface area contributed by atoms with Crippen molar-refractivity contribution in [2.45, 2.75) is 26.8 Å². The first-order valence-electron chi connectivity index (χ1n) is 7.73. The molecule has 3 aromatic rings. The molecule has 0 unspecified atom stereocenters. The number of fused-ring (bicyclic) bond motifs is 1. The van der Waals surface area contributed by atoms with E-state index in [0.717, 1.165) is 5.56 Å². The van der Waals surface area contributed by atoms with Crippen LogP contribution in [0.4, 0.5) is 5.82 Å². The maximum Gasteiger partial charge on any atom is 0.277 e. The second-order valence-electron chi connectivity index (χ2n) is 5.91. The molecule has 0 aliphatic rings. The van der Waals surface area contributed by atoms with E-state index in [4.69, 9.17) is 0 Å². The highest BCUT2D eigenvalue weighted by Gasteiger charge is 2.18. The largest absolute Gasteiger partial charge is 0.305 e. The molecular weight excluding hydrogens is 304 g/mol. The Balaban J connectivity index is 2.10. The molecule has 0 aliphatic heterocycles. The Kier molecular flexibility index (Phi) is 4.12. The predicted molar refractivity (Wildman–Crippen MR) is 93.3 cm³/mol. The van der Waals surface area contributed by atoms with Gasteiger partial charge in [-0.15, -0.1) is 0 Å². The molecule has 1 N–H and O–H groups in total. The third-order valence-electron chi connectivity index (χ3n) is 3.69. The summed E-state index contributed by atoms with van der Waals surface area (Å²) < 4.78 is 1.33. The maximum atomic E-state index is 12.7. The van der Waals surface area contributed by atoms with Gasteiger partial charge in [0.05, 0.1) is 11.4 Å². The molecule has 0 saturated heterocycles. The van der Waals surface area contributed by atoms with Gasteiger partial charge in [-0.25, -0.2) is 9.67 Å². The van der Waals surface area contributed by atoms with Crippen molar-refractivity contribution >= 4 is 22.5 Å². The maximum absolute atomic E-state index is 12.7. The fourth-order valence-corrected chi connectivity index (χ4v) is 2.44. The van der Waals surface area contributed by atoms with Crippen LogP contribution in [0.25, 0.3) is 10.8 Å². The highest BCUT2D eigenvalue weighted by molar-refractivity contribution is 6.10. The summed E-state index contributed by atoms with van der Waals surface area (Å²) in [6, 6.07) is 10.4. The van der Waals surface area contributed by atoms with E-state index in [1.54, 1.807) is 36.5 Å². The Morgan fingerprint density at radius 1 is 1.12 bits per heavy atom. The van der Waals surface area contributed by atoms with Crippen LogP contribution in [0.15, 0.2) is 47.4 Å². The number of aromatic nitrogens is 3. The summed E-state index contributed by atoms with van der Waals surface area (Å²) in [6.07, 6.45) is 1.68. The number of benzene rings is 1. The molecule has 0 aliphatic carbocycles. The molecule has 6 heteroatoms. The standard InChI is InChI=1S/C18H18N4O2/c1-11(2)22-18(24)14-7-5-4-6-13(14)16(21-22)17(23)20-15-9-8-12(3)10-19-15/h4-11H,1-3H3,(H,19,20,23). The zero-order valence-electron chi connectivity index (χ0n) is 13.8. The van der Waals surface area contributed by atoms with Crippen LogP contribution < -0.4 is 10.9 Å². The van der Waals surface area contributed by atoms with Gasteiger partial charge in [0.15, 0.2) is 5.69 Å². The second-order valence-corrected chi connectivity index (χ2v) is 5.91. The normalized spacial score (nSPS) is 11.0. The van der Waals surface area contributed by atoms with E-state index < -0.39 is 5.91 Å². The van der Waals surface area contributed by atoms with Crippen LogP contribution in [0, 0.1) is 6.92 Å². The summed E-state index contributed by atoms with van der Waals surface area (Å²) in [5.41, 5.74) is 1.01. The van der Waals surface area contributed by atoms with E-state index >= 15 is 0 Å². The molecule has 0 radical (unpaired) electrons. The SMILES string of the molecule is Cc1ccc(NC(=O)c2nn(C(C)C)c(=O)c3ccccc23)nc1. The Morgan fingerprint density at radius 2 is 1.83 bits per heavy atom. The molecular formula is C18H18N4O2. The van der Waals surface area contributed by atoms with Crippen LogP contribution in [-0.2, 0) is 0 Å². The van der Waals surface area contributed by atoms with Gasteiger partial charge >= 0.3 is 0 Å². The van der Waals surface area contributed by atoms with Crippen molar-refractivity contribution in [3.05, 3.63) is 64.2 Å². The number of aryl methyl sites for hydroxylation is 1. The highest BCUT2D eigenvalue weighted by atomic mass is 16.2. The molecule has 0 saturated carbocycles. The first kappa shape index (κ1) is 15.9. The van der Waals surface area contributed by atoms with Gasteiger partial charge in [-0.3, -0.25) is 9.59 Å².